The third-order valence-corrected chi connectivity index (χ3v) is 3.58. The van der Waals surface area contributed by atoms with Gasteiger partial charge in [0.2, 0.25) is 0 Å². The Morgan fingerprint density at radius 1 is 1.43 bits per heavy atom. The highest BCUT2D eigenvalue weighted by molar-refractivity contribution is 14.0. The lowest BCUT2D eigenvalue weighted by atomic mass is 10.2. The van der Waals surface area contributed by atoms with Crippen LogP contribution in [0.5, 0.6) is 0 Å². The van der Waals surface area contributed by atoms with Gasteiger partial charge in [0.05, 0.1) is 5.75 Å². The fourth-order valence-corrected chi connectivity index (χ4v) is 2.19. The number of halogens is 2. The molecule has 8 heteroatoms. The van der Waals surface area contributed by atoms with Crippen LogP contribution in [-0.2, 0) is 16.4 Å². The summed E-state index contributed by atoms with van der Waals surface area (Å²) < 4.78 is 35.2. The molecule has 0 aliphatic rings. The van der Waals surface area contributed by atoms with E-state index in [9.17, 15) is 12.8 Å². The molecule has 21 heavy (non-hydrogen) atoms. The normalized spacial score (nSPS) is 11.7. The minimum absolute atomic E-state index is 0. The van der Waals surface area contributed by atoms with E-state index in [0.717, 1.165) is 5.56 Å². The third-order valence-electron chi connectivity index (χ3n) is 2.64. The molecular weight excluding hydrogens is 408 g/mol. The molecule has 0 spiro atoms. The largest absolute Gasteiger partial charge is 0.355 e. The summed E-state index contributed by atoms with van der Waals surface area (Å²) in [5, 5.41) is 2.96. The molecule has 0 amide bonds. The average Bonchev–Trinajstić information content (AvgIpc) is 2.33. The number of nitrogens with zero attached hydrogens (tertiary/aromatic N) is 2. The van der Waals surface area contributed by atoms with Crippen molar-refractivity contribution < 1.29 is 12.8 Å². The summed E-state index contributed by atoms with van der Waals surface area (Å²) in [6, 6.07) is 6.32. The van der Waals surface area contributed by atoms with Gasteiger partial charge in [-0.3, -0.25) is 4.99 Å². The van der Waals surface area contributed by atoms with Crippen LogP contribution in [0.1, 0.15) is 5.56 Å². The molecule has 1 N–H and O–H groups in total. The highest BCUT2D eigenvalue weighted by atomic mass is 127. The number of rotatable bonds is 5. The predicted molar refractivity (Wildman–Crippen MR) is 94.4 cm³/mol. The van der Waals surface area contributed by atoms with Gasteiger partial charge in [-0.15, -0.1) is 24.0 Å². The maximum absolute atomic E-state index is 13.1. The Balaban J connectivity index is 0.00000400. The molecular formula is C13H21FIN3O2S. The van der Waals surface area contributed by atoms with Gasteiger partial charge < -0.3 is 10.2 Å². The van der Waals surface area contributed by atoms with Gasteiger partial charge in [0.25, 0.3) is 0 Å². The maximum Gasteiger partial charge on any atom is 0.193 e. The van der Waals surface area contributed by atoms with Crippen LogP contribution in [0.2, 0.25) is 0 Å². The summed E-state index contributed by atoms with van der Waals surface area (Å²) in [5.74, 6) is 0.327. The molecule has 1 aromatic rings. The van der Waals surface area contributed by atoms with E-state index < -0.39 is 9.84 Å². The first kappa shape index (κ1) is 20.1. The lowest BCUT2D eigenvalue weighted by Crippen LogP contribution is -2.40. The van der Waals surface area contributed by atoms with E-state index in [4.69, 9.17) is 0 Å². The van der Waals surface area contributed by atoms with Crippen molar-refractivity contribution in [2.45, 2.75) is 6.54 Å². The van der Waals surface area contributed by atoms with Crippen molar-refractivity contribution in [3.63, 3.8) is 0 Å². The number of guanidine groups is 1. The summed E-state index contributed by atoms with van der Waals surface area (Å²) in [6.07, 6.45) is 1.19. The first-order chi connectivity index (χ1) is 9.31. The van der Waals surface area contributed by atoms with Crippen LogP contribution >= 0.6 is 24.0 Å². The van der Waals surface area contributed by atoms with Gasteiger partial charge in [0, 0.05) is 33.4 Å². The van der Waals surface area contributed by atoms with Gasteiger partial charge in [-0.25, -0.2) is 12.8 Å². The van der Waals surface area contributed by atoms with Crippen molar-refractivity contribution in [3.05, 3.63) is 35.6 Å². The van der Waals surface area contributed by atoms with Crippen LogP contribution in [0.4, 0.5) is 4.39 Å². The molecule has 1 rings (SSSR count). The molecule has 0 saturated carbocycles. The van der Waals surface area contributed by atoms with Crippen LogP contribution in [0.3, 0.4) is 0 Å². The summed E-state index contributed by atoms with van der Waals surface area (Å²) in [7, 11) is 0.418. The Labute approximate surface area is 142 Å². The number of hydrogen-bond acceptors (Lipinski definition) is 3. The van der Waals surface area contributed by atoms with E-state index in [1.54, 1.807) is 25.1 Å². The second-order valence-corrected chi connectivity index (χ2v) is 6.85. The molecule has 0 bridgehead atoms. The smallest absolute Gasteiger partial charge is 0.193 e. The first-order valence-corrected chi connectivity index (χ1v) is 8.22. The Morgan fingerprint density at radius 2 is 2.10 bits per heavy atom. The Hall–Kier alpha value is -0.900. The van der Waals surface area contributed by atoms with Gasteiger partial charge in [0.15, 0.2) is 5.96 Å². The summed E-state index contributed by atoms with van der Waals surface area (Å²) in [5.41, 5.74) is 0.818. The topological polar surface area (TPSA) is 61.8 Å². The lowest BCUT2D eigenvalue weighted by Gasteiger charge is -2.22. The minimum atomic E-state index is -3.00. The number of aliphatic imine (C=N–C) groups is 1. The molecule has 0 aromatic heterocycles. The van der Waals surface area contributed by atoms with Gasteiger partial charge in [-0.1, -0.05) is 12.1 Å². The van der Waals surface area contributed by atoms with Crippen molar-refractivity contribution in [1.29, 1.82) is 0 Å². The van der Waals surface area contributed by atoms with Crippen LogP contribution in [0.25, 0.3) is 0 Å². The highest BCUT2D eigenvalue weighted by Gasteiger charge is 2.08. The van der Waals surface area contributed by atoms with E-state index in [2.05, 4.69) is 10.3 Å². The second-order valence-electron chi connectivity index (χ2n) is 4.59. The van der Waals surface area contributed by atoms with E-state index in [1.807, 2.05) is 6.07 Å². The fourth-order valence-electron chi connectivity index (χ4n) is 1.72. The SMILES string of the molecule is CN=C(NCCS(C)(=O)=O)N(C)Cc1cccc(F)c1.I. The van der Waals surface area contributed by atoms with Crippen LogP contribution in [0, 0.1) is 5.82 Å². The number of hydrogen-bond donors (Lipinski definition) is 1. The summed E-state index contributed by atoms with van der Waals surface area (Å²) in [6.45, 7) is 0.773. The van der Waals surface area contributed by atoms with E-state index in [-0.39, 0.29) is 35.5 Å². The molecule has 0 atom stereocenters. The van der Waals surface area contributed by atoms with Crippen LogP contribution in [-0.4, -0.2) is 51.9 Å². The number of benzene rings is 1. The molecule has 1 aromatic carbocycles. The standard InChI is InChI=1S/C13H20FN3O2S.HI/c1-15-13(16-7-8-20(3,18)19)17(2)10-11-5-4-6-12(14)9-11;/h4-6,9H,7-8,10H2,1-3H3,(H,15,16);1H. The zero-order valence-corrected chi connectivity index (χ0v) is 15.5. The highest BCUT2D eigenvalue weighted by Crippen LogP contribution is 2.06. The Bertz CT molecular complexity index is 579. The molecule has 0 unspecified atom stereocenters. The van der Waals surface area contributed by atoms with Crippen LogP contribution < -0.4 is 5.32 Å². The molecule has 5 nitrogen and oxygen atoms in total. The van der Waals surface area contributed by atoms with Gasteiger partial charge in [0.1, 0.15) is 15.7 Å². The quantitative estimate of drug-likeness (QED) is 0.438. The predicted octanol–water partition coefficient (Wildman–Crippen LogP) is 1.50. The van der Waals surface area contributed by atoms with Crippen molar-refractivity contribution in [2.24, 2.45) is 4.99 Å². The Morgan fingerprint density at radius 3 is 2.62 bits per heavy atom. The summed E-state index contributed by atoms with van der Waals surface area (Å²) >= 11 is 0. The van der Waals surface area contributed by atoms with Gasteiger partial charge in [-0.2, -0.15) is 0 Å². The van der Waals surface area contributed by atoms with Gasteiger partial charge in [-0.05, 0) is 17.7 Å². The summed E-state index contributed by atoms with van der Waals surface area (Å²) in [4.78, 5) is 5.87. The molecule has 0 aliphatic carbocycles. The van der Waals surface area contributed by atoms with E-state index in [1.165, 1.54) is 18.4 Å². The molecule has 0 saturated heterocycles. The van der Waals surface area contributed by atoms with Crippen molar-refractivity contribution in [2.75, 3.05) is 32.6 Å². The van der Waals surface area contributed by atoms with E-state index in [0.29, 0.717) is 19.0 Å². The number of sulfone groups is 1. The van der Waals surface area contributed by atoms with Crippen molar-refractivity contribution in [3.8, 4) is 0 Å². The number of nitrogens with one attached hydrogen (secondary N) is 1. The first-order valence-electron chi connectivity index (χ1n) is 6.16. The molecule has 0 heterocycles. The Kier molecular flexibility index (Phi) is 8.79. The van der Waals surface area contributed by atoms with Crippen molar-refractivity contribution in [1.82, 2.24) is 10.2 Å². The lowest BCUT2D eigenvalue weighted by molar-refractivity contribution is 0.476. The fraction of sp³-hybridized carbons (Fsp3) is 0.462. The monoisotopic (exact) mass is 429 g/mol. The minimum Gasteiger partial charge on any atom is -0.355 e. The molecule has 0 aliphatic heterocycles. The molecule has 0 fully saturated rings. The average molecular weight is 429 g/mol. The zero-order valence-electron chi connectivity index (χ0n) is 12.3. The maximum atomic E-state index is 13.1. The van der Waals surface area contributed by atoms with Crippen LogP contribution in [0.15, 0.2) is 29.3 Å². The molecule has 120 valence electrons. The zero-order chi connectivity index (χ0) is 15.2. The van der Waals surface area contributed by atoms with Crippen molar-refractivity contribution >= 4 is 39.8 Å². The van der Waals surface area contributed by atoms with Gasteiger partial charge >= 0.3 is 0 Å². The molecule has 0 radical (unpaired) electrons. The second kappa shape index (κ2) is 9.19. The van der Waals surface area contributed by atoms with E-state index >= 15 is 0 Å². The third kappa shape index (κ3) is 8.20.